The maximum atomic E-state index is 4.51. The van der Waals surface area contributed by atoms with Gasteiger partial charge in [0.15, 0.2) is 0 Å². The molecule has 0 spiro atoms. The fraction of sp³-hybridized carbons (Fsp3) is 0.250. The summed E-state index contributed by atoms with van der Waals surface area (Å²) in [5, 5.41) is 1.21. The largest absolute Gasteiger partial charge is 0.361 e. The summed E-state index contributed by atoms with van der Waals surface area (Å²) in [6, 6.07) is 8.45. The Balaban J connectivity index is 1.67. The number of H-pyrrole nitrogens is 1. The first kappa shape index (κ1) is 11.5. The highest BCUT2D eigenvalue weighted by atomic mass is 15.3. The molecule has 0 aliphatic carbocycles. The predicted molar refractivity (Wildman–Crippen MR) is 80.8 cm³/mol. The first-order valence-corrected chi connectivity index (χ1v) is 7.05. The van der Waals surface area contributed by atoms with Crippen LogP contribution in [0.25, 0.3) is 22.0 Å². The van der Waals surface area contributed by atoms with Gasteiger partial charge in [0.25, 0.3) is 0 Å². The number of hydrogen-bond acceptors (Lipinski definition) is 3. The molecule has 3 aromatic rings. The second kappa shape index (κ2) is 4.63. The minimum atomic E-state index is 0.856. The molecule has 0 radical (unpaired) electrons. The topological polar surface area (TPSA) is 44.8 Å². The van der Waals surface area contributed by atoms with E-state index in [0.29, 0.717) is 0 Å². The zero-order valence-corrected chi connectivity index (χ0v) is 11.2. The summed E-state index contributed by atoms with van der Waals surface area (Å²) < 4.78 is 0. The van der Waals surface area contributed by atoms with Gasteiger partial charge in [-0.05, 0) is 42.0 Å². The average Bonchev–Trinajstić information content (AvgIpc) is 3.18. The van der Waals surface area contributed by atoms with Gasteiger partial charge in [0.2, 0.25) is 5.95 Å². The molecule has 4 rings (SSSR count). The molecule has 1 N–H and O–H groups in total. The van der Waals surface area contributed by atoms with Gasteiger partial charge in [-0.2, -0.15) is 0 Å². The second-order valence-electron chi connectivity index (χ2n) is 5.25. The van der Waals surface area contributed by atoms with Gasteiger partial charge < -0.3 is 9.88 Å². The highest BCUT2D eigenvalue weighted by molar-refractivity contribution is 5.84. The molecule has 1 saturated heterocycles. The van der Waals surface area contributed by atoms with Crippen molar-refractivity contribution in [2.75, 3.05) is 18.0 Å². The third-order valence-electron chi connectivity index (χ3n) is 3.91. The summed E-state index contributed by atoms with van der Waals surface area (Å²) in [4.78, 5) is 14.5. The highest BCUT2D eigenvalue weighted by Crippen LogP contribution is 2.24. The summed E-state index contributed by atoms with van der Waals surface area (Å²) in [6.45, 7) is 2.16. The molecule has 0 bridgehead atoms. The van der Waals surface area contributed by atoms with Gasteiger partial charge in [0.05, 0.1) is 0 Å². The van der Waals surface area contributed by atoms with Crippen LogP contribution in [0.15, 0.2) is 42.9 Å². The molecule has 4 heteroatoms. The fourth-order valence-corrected chi connectivity index (χ4v) is 2.78. The molecule has 2 aromatic heterocycles. The maximum Gasteiger partial charge on any atom is 0.225 e. The smallest absolute Gasteiger partial charge is 0.225 e. The summed E-state index contributed by atoms with van der Waals surface area (Å²) in [5.74, 6) is 0.856. The van der Waals surface area contributed by atoms with Crippen LogP contribution in [0.4, 0.5) is 5.95 Å². The van der Waals surface area contributed by atoms with E-state index in [2.05, 4.69) is 44.1 Å². The number of benzene rings is 1. The van der Waals surface area contributed by atoms with Gasteiger partial charge in [0.1, 0.15) is 0 Å². The molecule has 1 aliphatic rings. The molecular weight excluding hydrogens is 248 g/mol. The Morgan fingerprint density at radius 3 is 2.55 bits per heavy atom. The van der Waals surface area contributed by atoms with E-state index in [9.17, 15) is 0 Å². The van der Waals surface area contributed by atoms with E-state index in [1.807, 2.05) is 18.6 Å². The Morgan fingerprint density at radius 1 is 0.950 bits per heavy atom. The lowest BCUT2D eigenvalue weighted by Gasteiger charge is -2.14. The van der Waals surface area contributed by atoms with Gasteiger partial charge >= 0.3 is 0 Å². The van der Waals surface area contributed by atoms with Crippen LogP contribution in [-0.2, 0) is 0 Å². The Bertz CT molecular complexity index is 724. The van der Waals surface area contributed by atoms with Gasteiger partial charge in [-0.15, -0.1) is 0 Å². The Kier molecular flexibility index (Phi) is 2.66. The van der Waals surface area contributed by atoms with E-state index in [-0.39, 0.29) is 0 Å². The van der Waals surface area contributed by atoms with E-state index < -0.39 is 0 Å². The van der Waals surface area contributed by atoms with Crippen LogP contribution in [0.3, 0.4) is 0 Å². The van der Waals surface area contributed by atoms with Crippen molar-refractivity contribution < 1.29 is 0 Å². The van der Waals surface area contributed by atoms with Crippen molar-refractivity contribution in [1.29, 1.82) is 0 Å². The van der Waals surface area contributed by atoms with Crippen molar-refractivity contribution in [2.24, 2.45) is 0 Å². The molecule has 0 atom stereocenters. The number of nitrogens with one attached hydrogen (secondary N) is 1. The molecule has 1 fully saturated rings. The van der Waals surface area contributed by atoms with Crippen LogP contribution in [0, 0.1) is 0 Å². The van der Waals surface area contributed by atoms with Gasteiger partial charge in [-0.3, -0.25) is 0 Å². The molecule has 100 valence electrons. The van der Waals surface area contributed by atoms with Crippen LogP contribution in [0.5, 0.6) is 0 Å². The molecule has 20 heavy (non-hydrogen) atoms. The monoisotopic (exact) mass is 264 g/mol. The average molecular weight is 264 g/mol. The second-order valence-corrected chi connectivity index (χ2v) is 5.25. The zero-order chi connectivity index (χ0) is 13.4. The van der Waals surface area contributed by atoms with Crippen LogP contribution >= 0.6 is 0 Å². The van der Waals surface area contributed by atoms with Crippen molar-refractivity contribution >= 4 is 16.9 Å². The number of hydrogen-bond donors (Lipinski definition) is 1. The summed E-state index contributed by atoms with van der Waals surface area (Å²) in [5.41, 5.74) is 3.38. The standard InChI is InChI=1S/C16H16N4/c1-2-8-20(7-1)16-18-10-14(11-19-16)12-3-4-15-13(9-12)5-6-17-15/h3-6,9-11,17H,1-2,7-8H2. The molecule has 0 unspecified atom stereocenters. The number of fused-ring (bicyclic) bond motifs is 1. The normalized spacial score (nSPS) is 15.1. The number of nitrogens with zero attached hydrogens (tertiary/aromatic N) is 3. The van der Waals surface area contributed by atoms with Gasteiger partial charge in [0, 0.05) is 42.8 Å². The highest BCUT2D eigenvalue weighted by Gasteiger charge is 2.14. The molecular formula is C16H16N4. The van der Waals surface area contributed by atoms with Crippen molar-refractivity contribution in [3.8, 4) is 11.1 Å². The van der Waals surface area contributed by atoms with E-state index in [4.69, 9.17) is 0 Å². The fourth-order valence-electron chi connectivity index (χ4n) is 2.78. The number of rotatable bonds is 2. The molecule has 3 heterocycles. The Labute approximate surface area is 117 Å². The summed E-state index contributed by atoms with van der Waals surface area (Å²) in [7, 11) is 0. The van der Waals surface area contributed by atoms with Crippen LogP contribution < -0.4 is 4.90 Å². The summed E-state index contributed by atoms with van der Waals surface area (Å²) >= 11 is 0. The van der Waals surface area contributed by atoms with Gasteiger partial charge in [-0.1, -0.05) is 6.07 Å². The molecule has 0 amide bonds. The lowest BCUT2D eigenvalue weighted by Crippen LogP contribution is -2.20. The quantitative estimate of drug-likeness (QED) is 0.773. The zero-order valence-electron chi connectivity index (χ0n) is 11.2. The third kappa shape index (κ3) is 1.93. The lowest BCUT2D eigenvalue weighted by molar-refractivity contribution is 0.899. The van der Waals surface area contributed by atoms with Crippen molar-refractivity contribution in [2.45, 2.75) is 12.8 Å². The molecule has 1 aromatic carbocycles. The van der Waals surface area contributed by atoms with E-state index >= 15 is 0 Å². The number of aromatic nitrogens is 3. The third-order valence-corrected chi connectivity index (χ3v) is 3.91. The first-order chi connectivity index (χ1) is 9.90. The lowest BCUT2D eigenvalue weighted by atomic mass is 10.1. The number of aromatic amines is 1. The van der Waals surface area contributed by atoms with E-state index in [1.165, 1.54) is 18.2 Å². The summed E-state index contributed by atoms with van der Waals surface area (Å²) in [6.07, 6.45) is 8.30. The maximum absolute atomic E-state index is 4.51. The Morgan fingerprint density at radius 2 is 1.75 bits per heavy atom. The number of anilines is 1. The molecule has 1 aliphatic heterocycles. The predicted octanol–water partition coefficient (Wildman–Crippen LogP) is 3.23. The minimum absolute atomic E-state index is 0.856. The minimum Gasteiger partial charge on any atom is -0.361 e. The van der Waals surface area contributed by atoms with E-state index in [1.54, 1.807) is 0 Å². The molecule has 4 nitrogen and oxygen atoms in total. The van der Waals surface area contributed by atoms with Gasteiger partial charge in [-0.25, -0.2) is 9.97 Å². The SMILES string of the molecule is c1cc2cc(-c3cnc(N4CCCC4)nc3)ccc2[nH]1. The van der Waals surface area contributed by atoms with Crippen molar-refractivity contribution in [1.82, 2.24) is 15.0 Å². The molecule has 0 saturated carbocycles. The van der Waals surface area contributed by atoms with Crippen LogP contribution in [0.2, 0.25) is 0 Å². The Hall–Kier alpha value is -2.36. The van der Waals surface area contributed by atoms with Crippen molar-refractivity contribution in [3.63, 3.8) is 0 Å². The van der Waals surface area contributed by atoms with Crippen LogP contribution in [-0.4, -0.2) is 28.0 Å². The first-order valence-electron chi connectivity index (χ1n) is 7.05. The van der Waals surface area contributed by atoms with Crippen molar-refractivity contribution in [3.05, 3.63) is 42.9 Å². The van der Waals surface area contributed by atoms with E-state index in [0.717, 1.165) is 35.7 Å². The van der Waals surface area contributed by atoms with Crippen LogP contribution in [0.1, 0.15) is 12.8 Å².